The first-order chi connectivity index (χ1) is 16.5. The molecule has 2 aromatic rings. The van der Waals surface area contributed by atoms with Crippen molar-refractivity contribution in [2.75, 3.05) is 0 Å². The molecule has 0 saturated heterocycles. The Morgan fingerprint density at radius 2 is 1.46 bits per heavy atom. The third-order valence-electron chi connectivity index (χ3n) is 8.72. The normalized spacial score (nSPS) is 23.7. The number of benzene rings is 2. The van der Waals surface area contributed by atoms with Crippen LogP contribution in [0.2, 0.25) is 23.2 Å². The molecule has 0 heterocycles. The molecular weight excluding hydrogens is 471 g/mol. The first-order valence-electron chi connectivity index (χ1n) is 13.0. The maximum absolute atomic E-state index is 16.5. The second-order valence-corrected chi connectivity index (χ2v) is 19.5. The summed E-state index contributed by atoms with van der Waals surface area (Å²) < 4.78 is 23.2. The maximum Gasteiger partial charge on any atom is 0.258 e. The van der Waals surface area contributed by atoms with Crippen LogP contribution >= 0.6 is 0 Å². The summed E-state index contributed by atoms with van der Waals surface area (Å²) in [5.74, 6) is 0. The summed E-state index contributed by atoms with van der Waals surface area (Å²) >= 11 is 0. The number of hydrogen-bond donors (Lipinski definition) is 2. The molecule has 0 radical (unpaired) electrons. The number of aliphatic hydroxyl groups is 1. The molecule has 2 aromatic carbocycles. The molecule has 3 nitrogen and oxygen atoms in total. The molecule has 0 aromatic heterocycles. The Morgan fingerprint density at radius 1 is 1.00 bits per heavy atom. The zero-order valence-electron chi connectivity index (χ0n) is 22.1. The van der Waals surface area contributed by atoms with Gasteiger partial charge in [-0.3, -0.25) is 0 Å². The van der Waals surface area contributed by atoms with Crippen molar-refractivity contribution >= 4 is 27.0 Å². The van der Waals surface area contributed by atoms with E-state index in [-0.39, 0.29) is 12.8 Å². The molecular formula is C29H43FO3Si2. The summed E-state index contributed by atoms with van der Waals surface area (Å²) in [6.07, 6.45) is 1.25. The van der Waals surface area contributed by atoms with Gasteiger partial charge in [0.15, 0.2) is 8.32 Å². The predicted octanol–water partition coefficient (Wildman–Crippen LogP) is 5.72. The molecule has 0 spiro atoms. The van der Waals surface area contributed by atoms with E-state index in [4.69, 9.17) is 4.43 Å². The molecule has 35 heavy (non-hydrogen) atoms. The Kier molecular flexibility index (Phi) is 8.34. The maximum atomic E-state index is 16.5. The fraction of sp³-hybridized carbons (Fsp3) is 0.517. The van der Waals surface area contributed by atoms with Crippen LogP contribution in [0, 0.1) is 0 Å². The van der Waals surface area contributed by atoms with E-state index in [1.54, 1.807) is 0 Å². The predicted molar refractivity (Wildman–Crippen MR) is 149 cm³/mol. The Balaban J connectivity index is 1.93. The van der Waals surface area contributed by atoms with Crippen LogP contribution in [0.1, 0.15) is 53.9 Å². The van der Waals surface area contributed by atoms with Gasteiger partial charge in [-0.05, 0) is 46.4 Å². The van der Waals surface area contributed by atoms with Crippen molar-refractivity contribution < 1.29 is 18.7 Å². The van der Waals surface area contributed by atoms with Crippen molar-refractivity contribution in [2.24, 2.45) is 0 Å². The highest BCUT2D eigenvalue weighted by molar-refractivity contribution is 6.98. The molecule has 1 aliphatic carbocycles. The summed E-state index contributed by atoms with van der Waals surface area (Å²) in [7, 11) is -5.40. The second kappa shape index (κ2) is 10.4. The quantitative estimate of drug-likeness (QED) is 0.266. The van der Waals surface area contributed by atoms with Gasteiger partial charge in [0, 0.05) is 6.42 Å². The lowest BCUT2D eigenvalue weighted by molar-refractivity contribution is -0.00729. The van der Waals surface area contributed by atoms with Crippen molar-refractivity contribution in [3.63, 3.8) is 0 Å². The Labute approximate surface area is 213 Å². The molecule has 1 aliphatic rings. The molecule has 2 N–H and O–H groups in total. The molecule has 3 atom stereocenters. The fourth-order valence-electron chi connectivity index (χ4n) is 5.77. The van der Waals surface area contributed by atoms with Crippen LogP contribution in [-0.2, 0) is 4.43 Å². The van der Waals surface area contributed by atoms with E-state index < -0.39 is 39.0 Å². The lowest BCUT2D eigenvalue weighted by Crippen LogP contribution is -2.65. The average molecular weight is 515 g/mol. The molecule has 0 amide bonds. The second-order valence-electron chi connectivity index (χ2n) is 10.9. The summed E-state index contributed by atoms with van der Waals surface area (Å²) in [6, 6.07) is 22.3. The monoisotopic (exact) mass is 514 g/mol. The Morgan fingerprint density at radius 3 is 1.86 bits per heavy atom. The van der Waals surface area contributed by atoms with Crippen molar-refractivity contribution in [1.29, 1.82) is 0 Å². The molecule has 3 rings (SSSR count). The van der Waals surface area contributed by atoms with Gasteiger partial charge in [-0.2, -0.15) is 0 Å². The van der Waals surface area contributed by atoms with Gasteiger partial charge >= 0.3 is 0 Å². The molecule has 6 heteroatoms. The minimum atomic E-state index is -3.23. The van der Waals surface area contributed by atoms with E-state index in [1.807, 2.05) is 60.7 Å². The van der Waals surface area contributed by atoms with Crippen LogP contribution in [0.15, 0.2) is 73.3 Å². The summed E-state index contributed by atoms with van der Waals surface area (Å²) in [4.78, 5) is 12.4. The van der Waals surface area contributed by atoms with E-state index >= 15 is 4.39 Å². The number of halogens is 1. The van der Waals surface area contributed by atoms with Gasteiger partial charge in [-0.25, -0.2) is 4.39 Å². The SMILES string of the molecule is C=C[C@@H](O)[C@]1(O[Si](CC)(CC)CC)C[C@]1(F)CCC(C)(C)[Si](O)(c1ccccc1)c1ccccc1. The lowest BCUT2D eigenvalue weighted by Gasteiger charge is -2.42. The van der Waals surface area contributed by atoms with Crippen molar-refractivity contribution in [3.05, 3.63) is 73.3 Å². The third-order valence-corrected chi connectivity index (χ3v) is 17.9. The number of aliphatic hydroxyl groups excluding tert-OH is 1. The highest BCUT2D eigenvalue weighted by atomic mass is 28.4. The summed E-state index contributed by atoms with van der Waals surface area (Å²) in [5, 5.41) is 12.2. The lowest BCUT2D eigenvalue weighted by atomic mass is 9.99. The molecule has 1 saturated carbocycles. The highest BCUT2D eigenvalue weighted by Gasteiger charge is 2.74. The number of rotatable bonds is 13. The summed E-state index contributed by atoms with van der Waals surface area (Å²) in [6.45, 7) is 14.2. The highest BCUT2D eigenvalue weighted by Crippen LogP contribution is 2.62. The smallest absolute Gasteiger partial charge is 0.258 e. The molecule has 0 aliphatic heterocycles. The molecule has 192 valence electrons. The number of alkyl halides is 1. The van der Waals surface area contributed by atoms with Crippen molar-refractivity contribution in [2.45, 2.75) is 94.4 Å². The van der Waals surface area contributed by atoms with Gasteiger partial charge in [0.05, 0.1) is 0 Å². The van der Waals surface area contributed by atoms with Crippen LogP contribution in [0.4, 0.5) is 4.39 Å². The van der Waals surface area contributed by atoms with Crippen LogP contribution in [0.5, 0.6) is 0 Å². The summed E-state index contributed by atoms with van der Waals surface area (Å²) in [5.41, 5.74) is -2.86. The standard InChI is InChI=1S/C29H43FO3Si2/c1-7-26(31)29(33-34(8-2,9-3)10-4)23-28(29,30)22-21-27(5,6)35(32,24-17-13-11-14-18-24)25-19-15-12-16-20-25/h7,11-20,26,31-32H,1,8-10,21-23H2,2-6H3/t26-,28-,29-/m1/s1. The Hall–Kier alpha value is -1.58. The zero-order valence-corrected chi connectivity index (χ0v) is 24.1. The van der Waals surface area contributed by atoms with Crippen molar-refractivity contribution in [3.8, 4) is 0 Å². The minimum absolute atomic E-state index is 0.175. The van der Waals surface area contributed by atoms with Gasteiger partial charge < -0.3 is 14.3 Å². The minimum Gasteiger partial charge on any atom is -0.424 e. The van der Waals surface area contributed by atoms with E-state index in [9.17, 15) is 9.90 Å². The topological polar surface area (TPSA) is 49.7 Å². The molecule has 0 bridgehead atoms. The van der Waals surface area contributed by atoms with E-state index in [2.05, 4.69) is 41.2 Å². The Bertz CT molecular complexity index is 932. The first kappa shape index (κ1) is 28.0. The van der Waals surface area contributed by atoms with Gasteiger partial charge in [-0.1, -0.05) is 101 Å². The fourth-order valence-corrected chi connectivity index (χ4v) is 12.6. The van der Waals surface area contributed by atoms with Gasteiger partial charge in [0.1, 0.15) is 17.4 Å². The van der Waals surface area contributed by atoms with E-state index in [0.29, 0.717) is 6.42 Å². The molecule has 0 unspecified atom stereocenters. The number of hydrogen-bond acceptors (Lipinski definition) is 3. The first-order valence-corrected chi connectivity index (χ1v) is 17.5. The zero-order chi connectivity index (χ0) is 26.0. The van der Waals surface area contributed by atoms with Crippen LogP contribution in [0.3, 0.4) is 0 Å². The van der Waals surface area contributed by atoms with E-state index in [1.165, 1.54) is 6.08 Å². The van der Waals surface area contributed by atoms with Gasteiger partial charge in [0.2, 0.25) is 0 Å². The largest absolute Gasteiger partial charge is 0.424 e. The van der Waals surface area contributed by atoms with E-state index in [0.717, 1.165) is 28.5 Å². The average Bonchev–Trinajstić information content (AvgIpc) is 3.50. The van der Waals surface area contributed by atoms with Crippen molar-refractivity contribution in [1.82, 2.24) is 0 Å². The van der Waals surface area contributed by atoms with Crippen LogP contribution in [-0.4, -0.2) is 43.9 Å². The van der Waals surface area contributed by atoms with Gasteiger partial charge in [0.25, 0.3) is 8.32 Å². The van der Waals surface area contributed by atoms with Gasteiger partial charge in [-0.15, -0.1) is 6.58 Å². The third kappa shape index (κ3) is 4.88. The molecule has 1 fully saturated rings. The van der Waals surface area contributed by atoms with Crippen LogP contribution in [0.25, 0.3) is 0 Å². The van der Waals surface area contributed by atoms with Crippen LogP contribution < -0.4 is 10.4 Å².